The smallest absolute Gasteiger partial charge is 0.117 e. The topological polar surface area (TPSA) is 49.5 Å². The maximum Gasteiger partial charge on any atom is 0.117 e. The van der Waals surface area contributed by atoms with Crippen LogP contribution in [0, 0.1) is 13.8 Å². The number of hydrogen-bond donors (Lipinski definition) is 2. The number of nitrogens with two attached hydrogens (primary N) is 1. The zero-order chi connectivity index (χ0) is 15.6. The van der Waals surface area contributed by atoms with Crippen LogP contribution in [0.2, 0.25) is 0 Å². The Bertz CT molecular complexity index is 682. The number of phenols is 1. The van der Waals surface area contributed by atoms with Crippen molar-refractivity contribution >= 4 is 28.6 Å². The van der Waals surface area contributed by atoms with Crippen LogP contribution in [-0.2, 0) is 0 Å². The summed E-state index contributed by atoms with van der Waals surface area (Å²) >= 11 is 5.19. The van der Waals surface area contributed by atoms with Crippen LogP contribution in [0.1, 0.15) is 23.6 Å². The molecule has 0 aliphatic rings. The SMILES string of the molecule is CCN(c1cc(O)ccc1C)c1ccc(C)cc1C(N)=S. The molecular weight excluding hydrogens is 280 g/mol. The highest BCUT2D eigenvalue weighted by atomic mass is 32.1. The molecule has 0 saturated heterocycles. The predicted molar refractivity (Wildman–Crippen MR) is 92.6 cm³/mol. The third-order valence-electron chi connectivity index (χ3n) is 3.51. The summed E-state index contributed by atoms with van der Waals surface area (Å²) < 4.78 is 0. The number of phenolic OH excluding ortho intramolecular Hbond substituents is 1. The zero-order valence-corrected chi connectivity index (χ0v) is 13.4. The van der Waals surface area contributed by atoms with E-state index in [1.165, 1.54) is 0 Å². The molecule has 2 rings (SSSR count). The van der Waals surface area contributed by atoms with Crippen molar-refractivity contribution in [3.05, 3.63) is 53.1 Å². The van der Waals surface area contributed by atoms with Crippen molar-refractivity contribution in [3.63, 3.8) is 0 Å². The molecule has 0 aliphatic heterocycles. The first-order valence-electron chi connectivity index (χ1n) is 6.91. The summed E-state index contributed by atoms with van der Waals surface area (Å²) in [6.07, 6.45) is 0. The van der Waals surface area contributed by atoms with Crippen molar-refractivity contribution in [2.75, 3.05) is 11.4 Å². The fourth-order valence-electron chi connectivity index (χ4n) is 2.44. The minimum Gasteiger partial charge on any atom is -0.508 e. The second-order valence-electron chi connectivity index (χ2n) is 5.10. The first-order valence-corrected chi connectivity index (χ1v) is 7.32. The number of anilines is 2. The van der Waals surface area contributed by atoms with E-state index in [4.69, 9.17) is 18.0 Å². The molecule has 0 radical (unpaired) electrons. The molecule has 2 aromatic carbocycles. The quantitative estimate of drug-likeness (QED) is 0.843. The highest BCUT2D eigenvalue weighted by Gasteiger charge is 2.16. The number of thiocarbonyl (C=S) groups is 1. The molecule has 0 amide bonds. The van der Waals surface area contributed by atoms with E-state index in [0.717, 1.165) is 34.6 Å². The summed E-state index contributed by atoms with van der Waals surface area (Å²) in [5, 5.41) is 9.77. The van der Waals surface area contributed by atoms with Crippen molar-refractivity contribution in [1.29, 1.82) is 0 Å². The summed E-state index contributed by atoms with van der Waals surface area (Å²) in [7, 11) is 0. The average molecular weight is 300 g/mol. The Hall–Kier alpha value is -2.07. The lowest BCUT2D eigenvalue weighted by Crippen LogP contribution is -2.22. The van der Waals surface area contributed by atoms with Crippen molar-refractivity contribution < 1.29 is 5.11 Å². The molecule has 3 nitrogen and oxygen atoms in total. The Balaban J connectivity index is 2.61. The lowest BCUT2D eigenvalue weighted by Gasteiger charge is -2.27. The van der Waals surface area contributed by atoms with E-state index < -0.39 is 0 Å². The first-order chi connectivity index (χ1) is 9.93. The van der Waals surface area contributed by atoms with Gasteiger partial charge in [0.2, 0.25) is 0 Å². The highest BCUT2D eigenvalue weighted by molar-refractivity contribution is 7.80. The minimum atomic E-state index is 0.248. The van der Waals surface area contributed by atoms with Crippen molar-refractivity contribution in [2.45, 2.75) is 20.8 Å². The highest BCUT2D eigenvalue weighted by Crippen LogP contribution is 2.33. The molecule has 0 aromatic heterocycles. The molecule has 0 bridgehead atoms. The molecule has 2 aromatic rings. The van der Waals surface area contributed by atoms with Gasteiger partial charge in [0.05, 0.1) is 5.69 Å². The third kappa shape index (κ3) is 3.16. The van der Waals surface area contributed by atoms with Gasteiger partial charge in [0.1, 0.15) is 10.7 Å². The van der Waals surface area contributed by atoms with E-state index >= 15 is 0 Å². The Labute approximate surface area is 131 Å². The molecule has 0 unspecified atom stereocenters. The van der Waals surface area contributed by atoms with E-state index in [-0.39, 0.29) is 5.75 Å². The van der Waals surface area contributed by atoms with Crippen LogP contribution in [0.15, 0.2) is 36.4 Å². The van der Waals surface area contributed by atoms with E-state index in [9.17, 15) is 5.11 Å². The second kappa shape index (κ2) is 6.14. The van der Waals surface area contributed by atoms with Crippen LogP contribution in [0.3, 0.4) is 0 Å². The van der Waals surface area contributed by atoms with Gasteiger partial charge in [0.25, 0.3) is 0 Å². The number of nitrogens with zero attached hydrogens (tertiary/aromatic N) is 1. The molecule has 110 valence electrons. The second-order valence-corrected chi connectivity index (χ2v) is 5.54. The summed E-state index contributed by atoms with van der Waals surface area (Å²) in [5.41, 5.74) is 10.9. The number of rotatable bonds is 4. The lowest BCUT2D eigenvalue weighted by atomic mass is 10.1. The van der Waals surface area contributed by atoms with Gasteiger partial charge in [-0.25, -0.2) is 0 Å². The van der Waals surface area contributed by atoms with E-state index in [2.05, 4.69) is 11.8 Å². The normalized spacial score (nSPS) is 10.4. The van der Waals surface area contributed by atoms with Crippen LogP contribution < -0.4 is 10.6 Å². The van der Waals surface area contributed by atoms with Crippen molar-refractivity contribution in [1.82, 2.24) is 0 Å². The maximum atomic E-state index is 9.77. The molecule has 0 fully saturated rings. The van der Waals surface area contributed by atoms with Gasteiger partial charge in [0, 0.05) is 23.9 Å². The number of benzene rings is 2. The third-order valence-corrected chi connectivity index (χ3v) is 3.73. The van der Waals surface area contributed by atoms with Gasteiger partial charge in [0.15, 0.2) is 0 Å². The Morgan fingerprint density at radius 1 is 1.14 bits per heavy atom. The molecule has 4 heteroatoms. The van der Waals surface area contributed by atoms with Crippen LogP contribution in [0.25, 0.3) is 0 Å². The van der Waals surface area contributed by atoms with E-state index in [0.29, 0.717) is 4.99 Å². The molecular formula is C17H20N2OS. The van der Waals surface area contributed by atoms with Crippen LogP contribution in [0.4, 0.5) is 11.4 Å². The molecule has 0 spiro atoms. The maximum absolute atomic E-state index is 9.77. The Morgan fingerprint density at radius 2 is 1.86 bits per heavy atom. The van der Waals surface area contributed by atoms with Crippen LogP contribution in [-0.4, -0.2) is 16.6 Å². The van der Waals surface area contributed by atoms with Gasteiger partial charge in [-0.1, -0.05) is 29.9 Å². The van der Waals surface area contributed by atoms with Gasteiger partial charge in [-0.2, -0.15) is 0 Å². The van der Waals surface area contributed by atoms with E-state index in [1.807, 2.05) is 38.1 Å². The summed E-state index contributed by atoms with van der Waals surface area (Å²) in [6, 6.07) is 11.4. The summed E-state index contributed by atoms with van der Waals surface area (Å²) in [6.45, 7) is 6.85. The van der Waals surface area contributed by atoms with E-state index in [1.54, 1.807) is 12.1 Å². The lowest BCUT2D eigenvalue weighted by molar-refractivity contribution is 0.475. The number of aromatic hydroxyl groups is 1. The van der Waals surface area contributed by atoms with Crippen LogP contribution in [0.5, 0.6) is 5.75 Å². The molecule has 0 aliphatic carbocycles. The molecule has 3 N–H and O–H groups in total. The van der Waals surface area contributed by atoms with Gasteiger partial charge in [-0.3, -0.25) is 0 Å². The van der Waals surface area contributed by atoms with Gasteiger partial charge < -0.3 is 15.7 Å². The molecule has 0 heterocycles. The van der Waals surface area contributed by atoms with Crippen molar-refractivity contribution in [2.24, 2.45) is 5.73 Å². The van der Waals surface area contributed by atoms with Crippen LogP contribution >= 0.6 is 12.2 Å². The number of aryl methyl sites for hydroxylation is 2. The standard InChI is InChI=1S/C17H20N2OS/c1-4-19(16-10-13(20)7-6-12(16)3)15-8-5-11(2)9-14(15)17(18)21/h5-10,20H,4H2,1-3H3,(H2,18,21). The summed E-state index contributed by atoms with van der Waals surface area (Å²) in [4.78, 5) is 2.49. The zero-order valence-electron chi connectivity index (χ0n) is 12.6. The molecule has 0 saturated carbocycles. The first kappa shape index (κ1) is 15.3. The fourth-order valence-corrected chi connectivity index (χ4v) is 2.61. The molecule has 0 atom stereocenters. The van der Waals surface area contributed by atoms with Gasteiger partial charge in [-0.05, 0) is 44.5 Å². The predicted octanol–water partition coefficient (Wildman–Crippen LogP) is 3.80. The largest absolute Gasteiger partial charge is 0.508 e. The van der Waals surface area contributed by atoms with Gasteiger partial charge in [-0.15, -0.1) is 0 Å². The fraction of sp³-hybridized carbons (Fsp3) is 0.235. The van der Waals surface area contributed by atoms with Crippen molar-refractivity contribution in [3.8, 4) is 5.75 Å². The average Bonchev–Trinajstić information content (AvgIpc) is 2.44. The molecule has 21 heavy (non-hydrogen) atoms. The Morgan fingerprint density at radius 3 is 2.48 bits per heavy atom. The minimum absolute atomic E-state index is 0.248. The summed E-state index contributed by atoms with van der Waals surface area (Å²) in [5.74, 6) is 0.248. The number of hydrogen-bond acceptors (Lipinski definition) is 3. The van der Waals surface area contributed by atoms with Gasteiger partial charge >= 0.3 is 0 Å². The monoisotopic (exact) mass is 300 g/mol. The Kier molecular flexibility index (Phi) is 4.48.